The van der Waals surface area contributed by atoms with Gasteiger partial charge in [0.15, 0.2) is 0 Å². The number of anilines is 6. The fraction of sp³-hybridized carbons (Fsp3) is 0.0286. The Morgan fingerprint density at radius 1 is 0.338 bits per heavy atom. The molecule has 12 aromatic carbocycles. The lowest BCUT2D eigenvalue weighted by molar-refractivity contribution is 0.856. The maximum absolute atomic E-state index is 2.50. The topological polar surface area (TPSA) is 6.48 Å². The molecule has 2 aromatic heterocycles. The molecule has 0 bridgehead atoms. The highest BCUT2D eigenvalue weighted by Crippen LogP contribution is 2.50. The average molecular weight is 979 g/mol. The molecule has 4 heteroatoms. The van der Waals surface area contributed by atoms with Crippen molar-refractivity contribution in [2.24, 2.45) is 0 Å². The minimum absolute atomic E-state index is 0.270. The summed E-state index contributed by atoms with van der Waals surface area (Å²) in [6.07, 6.45) is 8.09. The van der Waals surface area contributed by atoms with E-state index in [1.165, 1.54) is 123 Å². The lowest BCUT2D eigenvalue weighted by Crippen LogP contribution is -2.11. The normalized spacial score (nSPS) is 13.8. The Morgan fingerprint density at radius 3 is 1.24 bits per heavy atom. The van der Waals surface area contributed by atoms with Gasteiger partial charge in [0.25, 0.3) is 0 Å². The van der Waals surface area contributed by atoms with Gasteiger partial charge in [0.1, 0.15) is 0 Å². The van der Waals surface area contributed by atoms with E-state index in [-0.39, 0.29) is 5.92 Å². The second-order valence-electron chi connectivity index (χ2n) is 19.5. The number of fused-ring (bicyclic) bond motifs is 12. The van der Waals surface area contributed by atoms with Gasteiger partial charge in [-0.3, -0.25) is 0 Å². The monoisotopic (exact) mass is 978 g/mol. The van der Waals surface area contributed by atoms with Crippen LogP contribution in [0.2, 0.25) is 0 Å². The molecule has 74 heavy (non-hydrogen) atoms. The second-order valence-corrected chi connectivity index (χ2v) is 21.6. The van der Waals surface area contributed by atoms with E-state index in [1.54, 1.807) is 0 Å². The lowest BCUT2D eigenvalue weighted by atomic mass is 9.88. The average Bonchev–Trinajstić information content (AvgIpc) is 4.06. The summed E-state index contributed by atoms with van der Waals surface area (Å²) in [6.45, 7) is 0. The van der Waals surface area contributed by atoms with Crippen LogP contribution in [0.4, 0.5) is 34.1 Å². The highest BCUT2D eigenvalue weighted by molar-refractivity contribution is 7.26. The number of hydrogen-bond donors (Lipinski definition) is 0. The van der Waals surface area contributed by atoms with E-state index in [9.17, 15) is 0 Å². The van der Waals surface area contributed by atoms with Crippen LogP contribution >= 0.6 is 22.7 Å². The van der Waals surface area contributed by atoms with Crippen LogP contribution in [-0.2, 0) is 0 Å². The van der Waals surface area contributed by atoms with Crippen LogP contribution in [-0.4, -0.2) is 0 Å². The van der Waals surface area contributed by atoms with Gasteiger partial charge in [-0.15, -0.1) is 22.7 Å². The Bertz CT molecular complexity index is 4590. The van der Waals surface area contributed by atoms with Crippen molar-refractivity contribution in [2.75, 3.05) is 9.80 Å². The van der Waals surface area contributed by atoms with E-state index in [2.05, 4.69) is 271 Å². The molecular weight excluding hydrogens is 933 g/mol. The molecule has 0 saturated heterocycles. The maximum Gasteiger partial charge on any atom is 0.0640 e. The smallest absolute Gasteiger partial charge is 0.0640 e. The van der Waals surface area contributed by atoms with Crippen LogP contribution in [0.5, 0.6) is 0 Å². The van der Waals surface area contributed by atoms with Gasteiger partial charge < -0.3 is 9.80 Å². The number of hydrogen-bond acceptors (Lipinski definition) is 4. The molecule has 348 valence electrons. The van der Waals surface area contributed by atoms with Crippen molar-refractivity contribution in [2.45, 2.75) is 12.3 Å². The van der Waals surface area contributed by atoms with Crippen LogP contribution in [0.25, 0.3) is 89.0 Å². The van der Waals surface area contributed by atoms with Crippen LogP contribution in [0.3, 0.4) is 0 Å². The number of nitrogens with zero attached hydrogens (tertiary/aromatic N) is 2. The summed E-state index contributed by atoms with van der Waals surface area (Å²) >= 11 is 3.76. The van der Waals surface area contributed by atoms with Crippen molar-refractivity contribution in [3.05, 3.63) is 272 Å². The van der Waals surface area contributed by atoms with Gasteiger partial charge in [0.2, 0.25) is 0 Å². The highest BCUT2D eigenvalue weighted by atomic mass is 32.1. The molecule has 0 spiro atoms. The first-order valence-corrected chi connectivity index (χ1v) is 27.1. The Kier molecular flexibility index (Phi) is 10.1. The summed E-state index contributed by atoms with van der Waals surface area (Å²) in [5.74, 6) is 0.270. The summed E-state index contributed by atoms with van der Waals surface area (Å²) in [5, 5.41) is 15.2. The Hall–Kier alpha value is -8.80. The van der Waals surface area contributed by atoms with Crippen molar-refractivity contribution in [3.8, 4) is 0 Å². The van der Waals surface area contributed by atoms with Crippen molar-refractivity contribution < 1.29 is 0 Å². The van der Waals surface area contributed by atoms with Gasteiger partial charge in [-0.1, -0.05) is 200 Å². The Balaban J connectivity index is 0.777. The Morgan fingerprint density at radius 2 is 0.757 bits per heavy atom. The molecule has 2 heterocycles. The molecule has 1 atom stereocenters. The standard InChI is InChI=1S/C70H46N2S2/c1-3-17-53-49(15-1)43-65(57-21-7-5-19-55(53)57)71(63-27-13-25-61-59-23-9-11-29-67(59)73-69(61)63)51-39-35-47(36-40-51)45-31-33-46(34-32-45)48-37-41-52(42-38-48)72(64-28-14-26-62-60-24-10-12-30-68(60)74-70(62)64)66-44-50-16-2-4-18-54(50)56-20-6-8-22-58(56)66/h1-33,35-44,46H,34H2. The molecule has 1 aliphatic carbocycles. The number of benzene rings is 12. The van der Waals surface area contributed by atoms with Gasteiger partial charge in [-0.05, 0) is 116 Å². The van der Waals surface area contributed by atoms with Gasteiger partial charge >= 0.3 is 0 Å². The zero-order valence-corrected chi connectivity index (χ0v) is 42.0. The second kappa shape index (κ2) is 17.5. The van der Waals surface area contributed by atoms with Gasteiger partial charge in [0.05, 0.1) is 32.1 Å². The van der Waals surface area contributed by atoms with Crippen molar-refractivity contribution in [1.82, 2.24) is 0 Å². The van der Waals surface area contributed by atoms with E-state index in [4.69, 9.17) is 0 Å². The fourth-order valence-electron chi connectivity index (χ4n) is 11.8. The SMILES string of the molecule is C1=CC(c2ccc(N(c3cc4ccccc4c4ccccc34)c3cccc4c3sc3ccccc34)cc2)CC=C1c1ccc(N(c2cc3ccccc3c3ccccc23)c2cccc3c2sc2ccccc23)cc1. The minimum atomic E-state index is 0.270. The summed E-state index contributed by atoms with van der Waals surface area (Å²) in [7, 11) is 0. The van der Waals surface area contributed by atoms with Gasteiger partial charge in [0, 0.05) is 59.0 Å². The van der Waals surface area contributed by atoms with Crippen LogP contribution in [0, 0.1) is 0 Å². The first kappa shape index (κ1) is 42.8. The lowest BCUT2D eigenvalue weighted by Gasteiger charge is -2.29. The van der Waals surface area contributed by atoms with Crippen molar-refractivity contribution in [1.29, 1.82) is 0 Å². The zero-order chi connectivity index (χ0) is 48.7. The molecule has 0 N–H and O–H groups in total. The molecule has 1 aliphatic rings. The summed E-state index contributed by atoms with van der Waals surface area (Å²) in [6, 6.07) is 89.9. The van der Waals surface area contributed by atoms with Crippen LogP contribution in [0.1, 0.15) is 23.5 Å². The molecule has 2 nitrogen and oxygen atoms in total. The largest absolute Gasteiger partial charge is 0.308 e. The van der Waals surface area contributed by atoms with E-state index in [1.807, 2.05) is 22.7 Å². The highest BCUT2D eigenvalue weighted by Gasteiger charge is 2.24. The minimum Gasteiger partial charge on any atom is -0.308 e. The van der Waals surface area contributed by atoms with E-state index < -0.39 is 0 Å². The van der Waals surface area contributed by atoms with E-state index >= 15 is 0 Å². The molecule has 0 saturated carbocycles. The third kappa shape index (κ3) is 6.98. The molecular formula is C70H46N2S2. The van der Waals surface area contributed by atoms with Crippen LogP contribution < -0.4 is 9.80 Å². The van der Waals surface area contributed by atoms with E-state index in [0.29, 0.717) is 0 Å². The van der Waals surface area contributed by atoms with Crippen LogP contribution in [0.15, 0.2) is 261 Å². The summed E-state index contributed by atoms with van der Waals surface area (Å²) in [4.78, 5) is 4.99. The van der Waals surface area contributed by atoms with Crippen molar-refractivity contribution in [3.63, 3.8) is 0 Å². The Labute approximate surface area is 437 Å². The van der Waals surface area contributed by atoms with Crippen molar-refractivity contribution >= 4 is 146 Å². The summed E-state index contributed by atoms with van der Waals surface area (Å²) in [5.41, 5.74) is 10.8. The third-order valence-electron chi connectivity index (χ3n) is 15.4. The molecule has 0 radical (unpaired) electrons. The molecule has 1 unspecified atom stereocenters. The molecule has 0 aliphatic heterocycles. The fourth-order valence-corrected chi connectivity index (χ4v) is 14.2. The van der Waals surface area contributed by atoms with Gasteiger partial charge in [-0.2, -0.15) is 0 Å². The molecule has 0 fully saturated rings. The first-order valence-electron chi connectivity index (χ1n) is 25.5. The summed E-state index contributed by atoms with van der Waals surface area (Å²) < 4.78 is 5.19. The zero-order valence-electron chi connectivity index (χ0n) is 40.3. The molecule has 14 aromatic rings. The number of allylic oxidation sites excluding steroid dienone is 4. The third-order valence-corrected chi connectivity index (χ3v) is 17.8. The molecule has 15 rings (SSSR count). The predicted molar refractivity (Wildman–Crippen MR) is 323 cm³/mol. The van der Waals surface area contributed by atoms with Gasteiger partial charge in [-0.25, -0.2) is 0 Å². The predicted octanol–water partition coefficient (Wildman–Crippen LogP) is 21.1. The first-order chi connectivity index (χ1) is 36.7. The van der Waals surface area contributed by atoms with E-state index in [0.717, 1.165) is 17.8 Å². The number of rotatable bonds is 8. The quantitative estimate of drug-likeness (QED) is 0.140. The maximum atomic E-state index is 2.50. The number of thiophene rings is 2. The molecule has 0 amide bonds.